The molecule has 9 heteroatoms. The highest BCUT2D eigenvalue weighted by Crippen LogP contribution is 2.48. The Labute approximate surface area is 152 Å². The van der Waals surface area contributed by atoms with Crippen LogP contribution in [-0.4, -0.2) is 55.6 Å². The van der Waals surface area contributed by atoms with Crippen LogP contribution in [0.25, 0.3) is 0 Å². The molecule has 1 saturated heterocycles. The van der Waals surface area contributed by atoms with Crippen LogP contribution in [0.5, 0.6) is 0 Å². The van der Waals surface area contributed by atoms with E-state index in [0.717, 1.165) is 12.8 Å². The number of amides is 2. The third kappa shape index (κ3) is 2.92. The second kappa shape index (κ2) is 6.38. The Bertz CT molecular complexity index is 825. The molecular weight excluding hydrogens is 358 g/mol. The van der Waals surface area contributed by atoms with Crippen LogP contribution in [0, 0.1) is 17.8 Å². The average Bonchev–Trinajstić information content (AvgIpc) is 3.37. The first-order chi connectivity index (χ1) is 12.4. The van der Waals surface area contributed by atoms with Gasteiger partial charge in [-0.1, -0.05) is 6.42 Å². The van der Waals surface area contributed by atoms with E-state index in [0.29, 0.717) is 24.9 Å². The van der Waals surface area contributed by atoms with Gasteiger partial charge in [-0.25, -0.2) is 8.42 Å². The number of piperazine rings is 1. The Morgan fingerprint density at radius 1 is 1.08 bits per heavy atom. The fourth-order valence-electron chi connectivity index (χ4n) is 4.65. The lowest BCUT2D eigenvalue weighted by atomic mass is 9.87. The van der Waals surface area contributed by atoms with Crippen LogP contribution in [0.1, 0.15) is 36.2 Å². The van der Waals surface area contributed by atoms with Crippen molar-refractivity contribution in [3.05, 3.63) is 17.9 Å². The molecule has 3 fully saturated rings. The summed E-state index contributed by atoms with van der Waals surface area (Å²) in [6.45, 7) is 1.22. The van der Waals surface area contributed by atoms with E-state index in [-0.39, 0.29) is 35.8 Å². The van der Waals surface area contributed by atoms with Crippen LogP contribution in [0.15, 0.2) is 21.6 Å². The Hall–Kier alpha value is -1.87. The summed E-state index contributed by atoms with van der Waals surface area (Å²) < 4.78 is 31.6. The monoisotopic (exact) mass is 381 g/mol. The normalized spacial score (nSPS) is 29.2. The number of furan rings is 1. The zero-order valence-electron chi connectivity index (χ0n) is 14.5. The molecule has 2 heterocycles. The van der Waals surface area contributed by atoms with Crippen LogP contribution in [0.4, 0.5) is 0 Å². The largest absolute Gasteiger partial charge is 0.438 e. The minimum Gasteiger partial charge on any atom is -0.438 e. The molecule has 142 valence electrons. The molecule has 2 N–H and O–H groups in total. The van der Waals surface area contributed by atoms with Crippen molar-refractivity contribution < 1.29 is 22.4 Å². The van der Waals surface area contributed by atoms with Gasteiger partial charge in [0.25, 0.3) is 15.9 Å². The topological polar surface area (TPSA) is 114 Å². The third-order valence-corrected chi connectivity index (χ3v) is 7.80. The Balaban J connectivity index is 1.39. The van der Waals surface area contributed by atoms with Gasteiger partial charge >= 0.3 is 0 Å². The minimum atomic E-state index is -3.83. The molecule has 1 aromatic rings. The maximum absolute atomic E-state index is 12.8. The zero-order valence-corrected chi connectivity index (χ0v) is 15.3. The third-order valence-electron chi connectivity index (χ3n) is 6.02. The Morgan fingerprint density at radius 3 is 2.35 bits per heavy atom. The first kappa shape index (κ1) is 17.5. The highest BCUT2D eigenvalue weighted by molar-refractivity contribution is 7.89. The summed E-state index contributed by atoms with van der Waals surface area (Å²) in [5.41, 5.74) is 5.10. The van der Waals surface area contributed by atoms with E-state index >= 15 is 0 Å². The summed E-state index contributed by atoms with van der Waals surface area (Å²) in [5, 5.41) is -0.292. The number of nitrogens with zero attached hydrogens (tertiary/aromatic N) is 2. The zero-order chi connectivity index (χ0) is 18.5. The van der Waals surface area contributed by atoms with Crippen LogP contribution in [-0.2, 0) is 14.8 Å². The number of primary amides is 1. The van der Waals surface area contributed by atoms with E-state index in [1.54, 1.807) is 4.90 Å². The second-order valence-corrected chi connectivity index (χ2v) is 9.36. The number of rotatable bonds is 4. The summed E-state index contributed by atoms with van der Waals surface area (Å²) in [6, 6.07) is 2.49. The molecule has 1 aliphatic heterocycles. The fourth-order valence-corrected chi connectivity index (χ4v) is 5.98. The van der Waals surface area contributed by atoms with E-state index in [2.05, 4.69) is 0 Å². The van der Waals surface area contributed by atoms with Crippen molar-refractivity contribution in [2.75, 3.05) is 26.2 Å². The molecule has 2 amide bonds. The summed E-state index contributed by atoms with van der Waals surface area (Å²) in [6.07, 6.45) is 4.56. The maximum Gasteiger partial charge on any atom is 0.284 e. The van der Waals surface area contributed by atoms with Gasteiger partial charge < -0.3 is 15.1 Å². The molecule has 2 bridgehead atoms. The fraction of sp³-hybridized carbons (Fsp3) is 0.647. The maximum atomic E-state index is 12.8. The summed E-state index contributed by atoms with van der Waals surface area (Å²) in [7, 11) is -3.83. The summed E-state index contributed by atoms with van der Waals surface area (Å²) >= 11 is 0. The number of sulfonamides is 1. The number of hydrogen-bond acceptors (Lipinski definition) is 5. The van der Waals surface area contributed by atoms with Gasteiger partial charge in [-0.15, -0.1) is 0 Å². The van der Waals surface area contributed by atoms with Crippen LogP contribution in [0.2, 0.25) is 0 Å². The molecule has 3 aliphatic rings. The van der Waals surface area contributed by atoms with Crippen molar-refractivity contribution >= 4 is 21.8 Å². The molecule has 4 rings (SSSR count). The summed E-state index contributed by atoms with van der Waals surface area (Å²) in [4.78, 5) is 25.7. The van der Waals surface area contributed by atoms with E-state index in [9.17, 15) is 18.0 Å². The lowest BCUT2D eigenvalue weighted by Crippen LogP contribution is -2.52. The van der Waals surface area contributed by atoms with Crippen molar-refractivity contribution in [3.63, 3.8) is 0 Å². The van der Waals surface area contributed by atoms with Crippen LogP contribution >= 0.6 is 0 Å². The molecule has 3 atom stereocenters. The Kier molecular flexibility index (Phi) is 4.31. The number of nitrogens with two attached hydrogens (primary N) is 1. The van der Waals surface area contributed by atoms with Crippen molar-refractivity contribution in [1.82, 2.24) is 9.21 Å². The lowest BCUT2D eigenvalue weighted by molar-refractivity contribution is -0.138. The average molecular weight is 381 g/mol. The molecule has 0 aromatic carbocycles. The predicted octanol–water partition coefficient (Wildman–Crippen LogP) is 0.648. The van der Waals surface area contributed by atoms with Gasteiger partial charge in [0.1, 0.15) is 0 Å². The smallest absolute Gasteiger partial charge is 0.284 e. The summed E-state index contributed by atoms with van der Waals surface area (Å²) in [5.74, 6) is 0.531. The lowest BCUT2D eigenvalue weighted by Gasteiger charge is -2.36. The molecule has 2 aliphatic carbocycles. The quantitative estimate of drug-likeness (QED) is 0.822. The van der Waals surface area contributed by atoms with Crippen molar-refractivity contribution in [2.24, 2.45) is 23.5 Å². The first-order valence-electron chi connectivity index (χ1n) is 9.05. The number of fused-ring (bicyclic) bond motifs is 2. The van der Waals surface area contributed by atoms with Gasteiger partial charge in [0, 0.05) is 32.1 Å². The predicted molar refractivity (Wildman–Crippen MR) is 91.5 cm³/mol. The van der Waals surface area contributed by atoms with E-state index < -0.39 is 15.9 Å². The molecule has 0 unspecified atom stereocenters. The second-order valence-electron chi connectivity index (χ2n) is 7.49. The van der Waals surface area contributed by atoms with Crippen molar-refractivity contribution in [2.45, 2.75) is 30.8 Å². The standard InChI is InChI=1S/C17H23N3O5S/c18-16(21)14-3-4-15(25-14)26(23,24)20-7-5-19(6-8-20)17(22)13-10-11-1-2-12(13)9-11/h3-4,11-13H,1-2,5-10H2,(H2,18,21)/t11-,12-,13+/m0/s1. The minimum absolute atomic E-state index is 0.125. The molecule has 0 radical (unpaired) electrons. The van der Waals surface area contributed by atoms with Gasteiger partial charge in [-0.3, -0.25) is 9.59 Å². The van der Waals surface area contributed by atoms with Gasteiger partial charge in [0.15, 0.2) is 5.76 Å². The Morgan fingerprint density at radius 2 is 1.81 bits per heavy atom. The SMILES string of the molecule is NC(=O)c1ccc(S(=O)(=O)N2CCN(C(=O)[C@@H]3C[C@H]4CC[C@H]3C4)CC2)o1. The van der Waals surface area contributed by atoms with E-state index in [4.69, 9.17) is 10.2 Å². The molecule has 8 nitrogen and oxygen atoms in total. The van der Waals surface area contributed by atoms with Crippen LogP contribution in [0.3, 0.4) is 0 Å². The molecular formula is C17H23N3O5S. The number of carbonyl (C=O) groups is 2. The highest BCUT2D eigenvalue weighted by atomic mass is 32.2. The molecule has 0 spiro atoms. The molecule has 1 aromatic heterocycles. The van der Waals surface area contributed by atoms with Crippen LogP contribution < -0.4 is 5.73 Å². The van der Waals surface area contributed by atoms with Gasteiger partial charge in [0.05, 0.1) is 0 Å². The van der Waals surface area contributed by atoms with Gasteiger partial charge in [-0.05, 0) is 43.2 Å². The van der Waals surface area contributed by atoms with Crippen molar-refractivity contribution in [1.29, 1.82) is 0 Å². The van der Waals surface area contributed by atoms with E-state index in [1.165, 1.54) is 29.3 Å². The molecule has 2 saturated carbocycles. The first-order valence-corrected chi connectivity index (χ1v) is 10.5. The van der Waals surface area contributed by atoms with E-state index in [1.807, 2.05) is 0 Å². The molecule has 26 heavy (non-hydrogen) atoms. The number of carbonyl (C=O) groups excluding carboxylic acids is 2. The van der Waals surface area contributed by atoms with Crippen molar-refractivity contribution in [3.8, 4) is 0 Å². The number of hydrogen-bond donors (Lipinski definition) is 1. The van der Waals surface area contributed by atoms with Gasteiger partial charge in [0.2, 0.25) is 11.0 Å². The van der Waals surface area contributed by atoms with Gasteiger partial charge in [-0.2, -0.15) is 4.31 Å². The highest BCUT2D eigenvalue weighted by Gasteiger charge is 2.45.